The van der Waals surface area contributed by atoms with Gasteiger partial charge >= 0.3 is 0 Å². The SMILES string of the molecule is CCNCC(Cc1cc(F)ccc1Br)c1ccccc1. The van der Waals surface area contributed by atoms with E-state index in [1.54, 1.807) is 12.1 Å². The largest absolute Gasteiger partial charge is 0.316 e. The summed E-state index contributed by atoms with van der Waals surface area (Å²) in [5, 5.41) is 3.39. The molecule has 1 N–H and O–H groups in total. The van der Waals surface area contributed by atoms with Crippen molar-refractivity contribution >= 4 is 15.9 Å². The van der Waals surface area contributed by atoms with Gasteiger partial charge in [-0.1, -0.05) is 53.2 Å². The molecule has 0 amide bonds. The highest BCUT2D eigenvalue weighted by Crippen LogP contribution is 2.26. The summed E-state index contributed by atoms with van der Waals surface area (Å²) in [6.07, 6.45) is 0.815. The standard InChI is InChI=1S/C17H19BrFN/c1-2-20-12-15(13-6-4-3-5-7-13)10-14-11-16(19)8-9-17(14)18/h3-9,11,15,20H,2,10,12H2,1H3. The van der Waals surface area contributed by atoms with E-state index in [0.717, 1.165) is 29.5 Å². The van der Waals surface area contributed by atoms with Crippen LogP contribution in [0.2, 0.25) is 0 Å². The lowest BCUT2D eigenvalue weighted by atomic mass is 9.92. The molecule has 0 heterocycles. The predicted molar refractivity (Wildman–Crippen MR) is 85.5 cm³/mol. The van der Waals surface area contributed by atoms with E-state index >= 15 is 0 Å². The molecule has 0 aliphatic rings. The van der Waals surface area contributed by atoms with Crippen molar-refractivity contribution in [3.05, 3.63) is 69.9 Å². The minimum Gasteiger partial charge on any atom is -0.316 e. The molecule has 0 radical (unpaired) electrons. The van der Waals surface area contributed by atoms with Crippen LogP contribution in [-0.4, -0.2) is 13.1 Å². The molecule has 0 aliphatic heterocycles. The molecule has 0 saturated carbocycles. The number of hydrogen-bond acceptors (Lipinski definition) is 1. The van der Waals surface area contributed by atoms with Gasteiger partial charge in [-0.3, -0.25) is 0 Å². The van der Waals surface area contributed by atoms with Gasteiger partial charge in [0.05, 0.1) is 0 Å². The average molecular weight is 336 g/mol. The highest BCUT2D eigenvalue weighted by atomic mass is 79.9. The Bertz CT molecular complexity index is 542. The summed E-state index contributed by atoms with van der Waals surface area (Å²) >= 11 is 3.51. The second-order valence-electron chi connectivity index (χ2n) is 4.86. The number of halogens is 2. The van der Waals surface area contributed by atoms with Crippen LogP contribution >= 0.6 is 15.9 Å². The molecule has 0 spiro atoms. The number of likely N-dealkylation sites (N-methyl/N-ethyl adjacent to an activating group) is 1. The summed E-state index contributed by atoms with van der Waals surface area (Å²) < 4.78 is 14.4. The summed E-state index contributed by atoms with van der Waals surface area (Å²) in [6.45, 7) is 3.93. The Morgan fingerprint density at radius 2 is 1.90 bits per heavy atom. The van der Waals surface area contributed by atoms with Crippen LogP contribution in [0.5, 0.6) is 0 Å². The zero-order valence-corrected chi connectivity index (χ0v) is 13.2. The van der Waals surface area contributed by atoms with E-state index in [1.807, 2.05) is 6.07 Å². The summed E-state index contributed by atoms with van der Waals surface area (Å²) in [4.78, 5) is 0. The molecular formula is C17H19BrFN. The number of benzene rings is 2. The van der Waals surface area contributed by atoms with Gasteiger partial charge in [-0.15, -0.1) is 0 Å². The van der Waals surface area contributed by atoms with Crippen LogP contribution in [0.4, 0.5) is 4.39 Å². The molecule has 0 fully saturated rings. The molecule has 1 atom stereocenters. The minimum atomic E-state index is -0.182. The van der Waals surface area contributed by atoms with Crippen molar-refractivity contribution in [2.75, 3.05) is 13.1 Å². The van der Waals surface area contributed by atoms with Crippen LogP contribution in [0.25, 0.3) is 0 Å². The van der Waals surface area contributed by atoms with Crippen LogP contribution in [-0.2, 0) is 6.42 Å². The first-order chi connectivity index (χ1) is 9.70. The van der Waals surface area contributed by atoms with Crippen molar-refractivity contribution in [1.29, 1.82) is 0 Å². The zero-order valence-electron chi connectivity index (χ0n) is 11.6. The van der Waals surface area contributed by atoms with Crippen LogP contribution < -0.4 is 5.32 Å². The smallest absolute Gasteiger partial charge is 0.123 e. The van der Waals surface area contributed by atoms with E-state index in [0.29, 0.717) is 5.92 Å². The predicted octanol–water partition coefficient (Wildman–Crippen LogP) is 4.52. The zero-order chi connectivity index (χ0) is 14.4. The summed E-state index contributed by atoms with van der Waals surface area (Å²) in [5.41, 5.74) is 2.29. The summed E-state index contributed by atoms with van der Waals surface area (Å²) in [7, 11) is 0. The van der Waals surface area contributed by atoms with E-state index in [4.69, 9.17) is 0 Å². The maximum Gasteiger partial charge on any atom is 0.123 e. The molecule has 0 aromatic heterocycles. The van der Waals surface area contributed by atoms with Crippen LogP contribution in [0, 0.1) is 5.82 Å². The van der Waals surface area contributed by atoms with Gasteiger partial charge in [0.15, 0.2) is 0 Å². The Hall–Kier alpha value is -1.19. The van der Waals surface area contributed by atoms with Gasteiger partial charge in [-0.2, -0.15) is 0 Å². The van der Waals surface area contributed by atoms with E-state index in [9.17, 15) is 4.39 Å². The molecular weight excluding hydrogens is 317 g/mol. The quantitative estimate of drug-likeness (QED) is 0.818. The van der Waals surface area contributed by atoms with Gasteiger partial charge in [0.25, 0.3) is 0 Å². The lowest BCUT2D eigenvalue weighted by Gasteiger charge is -2.19. The molecule has 20 heavy (non-hydrogen) atoms. The van der Waals surface area contributed by atoms with Crippen molar-refractivity contribution in [3.63, 3.8) is 0 Å². The highest BCUT2D eigenvalue weighted by molar-refractivity contribution is 9.10. The molecule has 0 aliphatic carbocycles. The van der Waals surface area contributed by atoms with Gasteiger partial charge in [-0.25, -0.2) is 4.39 Å². The lowest BCUT2D eigenvalue weighted by molar-refractivity contribution is 0.587. The van der Waals surface area contributed by atoms with Crippen molar-refractivity contribution in [3.8, 4) is 0 Å². The topological polar surface area (TPSA) is 12.0 Å². The second kappa shape index (κ2) is 7.55. The van der Waals surface area contributed by atoms with Crippen LogP contribution in [0.15, 0.2) is 53.0 Å². The maximum absolute atomic E-state index is 13.4. The van der Waals surface area contributed by atoms with Gasteiger partial charge in [0.1, 0.15) is 5.82 Å². The molecule has 106 valence electrons. The van der Waals surface area contributed by atoms with E-state index in [1.165, 1.54) is 11.6 Å². The summed E-state index contributed by atoms with van der Waals surface area (Å²) in [6, 6.07) is 15.3. The van der Waals surface area contributed by atoms with Gasteiger partial charge in [0.2, 0.25) is 0 Å². The van der Waals surface area contributed by atoms with Crippen molar-refractivity contribution in [1.82, 2.24) is 5.32 Å². The van der Waals surface area contributed by atoms with Crippen molar-refractivity contribution in [2.45, 2.75) is 19.3 Å². The fourth-order valence-corrected chi connectivity index (χ4v) is 2.73. The normalized spacial score (nSPS) is 12.3. The molecule has 3 heteroatoms. The average Bonchev–Trinajstić information content (AvgIpc) is 2.48. The Labute approximate surface area is 128 Å². The van der Waals surface area contributed by atoms with E-state index in [-0.39, 0.29) is 5.82 Å². The first-order valence-corrected chi connectivity index (χ1v) is 7.69. The third kappa shape index (κ3) is 4.15. The Balaban J connectivity index is 2.21. The number of hydrogen-bond donors (Lipinski definition) is 1. The molecule has 2 aromatic rings. The Morgan fingerprint density at radius 1 is 1.15 bits per heavy atom. The monoisotopic (exact) mass is 335 g/mol. The van der Waals surface area contributed by atoms with Gasteiger partial charge in [0, 0.05) is 16.9 Å². The van der Waals surface area contributed by atoms with Crippen LogP contribution in [0.1, 0.15) is 24.0 Å². The number of nitrogens with one attached hydrogen (secondary N) is 1. The fourth-order valence-electron chi connectivity index (χ4n) is 2.32. The third-order valence-electron chi connectivity index (χ3n) is 3.39. The van der Waals surface area contributed by atoms with Gasteiger partial charge < -0.3 is 5.32 Å². The fraction of sp³-hybridized carbons (Fsp3) is 0.294. The number of rotatable bonds is 6. The third-order valence-corrected chi connectivity index (χ3v) is 4.16. The maximum atomic E-state index is 13.4. The van der Waals surface area contributed by atoms with Crippen molar-refractivity contribution in [2.24, 2.45) is 0 Å². The highest BCUT2D eigenvalue weighted by Gasteiger charge is 2.14. The van der Waals surface area contributed by atoms with E-state index in [2.05, 4.69) is 52.4 Å². The Morgan fingerprint density at radius 3 is 2.60 bits per heavy atom. The Kier molecular flexibility index (Phi) is 5.74. The molecule has 1 unspecified atom stereocenters. The van der Waals surface area contributed by atoms with Crippen LogP contribution in [0.3, 0.4) is 0 Å². The summed E-state index contributed by atoms with van der Waals surface area (Å²) in [5.74, 6) is 0.160. The molecule has 2 rings (SSSR count). The lowest BCUT2D eigenvalue weighted by Crippen LogP contribution is -2.22. The molecule has 1 nitrogen and oxygen atoms in total. The molecule has 2 aromatic carbocycles. The second-order valence-corrected chi connectivity index (χ2v) is 5.71. The van der Waals surface area contributed by atoms with Crippen molar-refractivity contribution < 1.29 is 4.39 Å². The van der Waals surface area contributed by atoms with E-state index < -0.39 is 0 Å². The van der Waals surface area contributed by atoms with Gasteiger partial charge in [-0.05, 0) is 42.3 Å². The minimum absolute atomic E-state index is 0.182. The molecule has 0 bridgehead atoms. The first kappa shape index (κ1) is 15.2. The first-order valence-electron chi connectivity index (χ1n) is 6.90. The molecule has 0 saturated heterocycles.